The van der Waals surface area contributed by atoms with Gasteiger partial charge in [0.25, 0.3) is 0 Å². The number of hydrogen-bond donors (Lipinski definition) is 1. The first kappa shape index (κ1) is 17.9. The van der Waals surface area contributed by atoms with Crippen molar-refractivity contribution in [3.05, 3.63) is 12.3 Å². The zero-order valence-electron chi connectivity index (χ0n) is 12.5. The summed E-state index contributed by atoms with van der Waals surface area (Å²) in [5.41, 5.74) is 1.26. The summed E-state index contributed by atoms with van der Waals surface area (Å²) in [6.07, 6.45) is 2.46. The first-order valence-electron chi connectivity index (χ1n) is 6.61. The molecule has 1 rings (SSSR count). The molecule has 2 nitrogen and oxygen atoms in total. The molecular weight excluding hydrogens is 196 g/mol. The summed E-state index contributed by atoms with van der Waals surface area (Å²) < 4.78 is 0. The van der Waals surface area contributed by atoms with Gasteiger partial charge in [-0.05, 0) is 26.8 Å². The molecule has 1 N–H and O–H groups in total. The second-order valence-corrected chi connectivity index (χ2v) is 4.48. The van der Waals surface area contributed by atoms with Crippen molar-refractivity contribution in [2.45, 2.75) is 59.9 Å². The van der Waals surface area contributed by atoms with E-state index in [1.807, 2.05) is 13.8 Å². The predicted octanol–water partition coefficient (Wildman–Crippen LogP) is 3.65. The summed E-state index contributed by atoms with van der Waals surface area (Å²) in [5, 5.41) is 3.46. The predicted molar refractivity (Wildman–Crippen MR) is 75.8 cm³/mol. The minimum absolute atomic E-state index is 0.0747. The first-order valence-corrected chi connectivity index (χ1v) is 6.61. The van der Waals surface area contributed by atoms with Gasteiger partial charge in [-0.15, -0.1) is 0 Å². The molecule has 0 aromatic rings. The number of hydrogen-bond acceptors (Lipinski definition) is 2. The molecule has 1 saturated heterocycles. The largest absolute Gasteiger partial charge is 0.377 e. The van der Waals surface area contributed by atoms with Crippen LogP contribution in [0.3, 0.4) is 0 Å². The number of nitrogens with one attached hydrogen (secondary N) is 1. The maximum atomic E-state index is 4.07. The SMILES string of the molecule is C=C1N(C)CCCNC1(C)C.CC.CCC. The van der Waals surface area contributed by atoms with E-state index in [1.54, 1.807) is 0 Å². The van der Waals surface area contributed by atoms with Crippen molar-refractivity contribution >= 4 is 0 Å². The third-order valence-electron chi connectivity index (χ3n) is 2.42. The molecule has 0 bridgehead atoms. The normalized spacial score (nSPS) is 18.7. The molecule has 0 spiro atoms. The van der Waals surface area contributed by atoms with Gasteiger partial charge < -0.3 is 10.2 Å². The monoisotopic (exact) mass is 228 g/mol. The van der Waals surface area contributed by atoms with Crippen LogP contribution in [0.15, 0.2) is 12.3 Å². The van der Waals surface area contributed by atoms with E-state index >= 15 is 0 Å². The number of likely N-dealkylation sites (N-methyl/N-ethyl adjacent to an activating group) is 1. The van der Waals surface area contributed by atoms with Gasteiger partial charge in [0, 0.05) is 19.3 Å². The van der Waals surface area contributed by atoms with Crippen molar-refractivity contribution in [3.63, 3.8) is 0 Å². The van der Waals surface area contributed by atoms with Crippen molar-refractivity contribution in [1.29, 1.82) is 0 Å². The van der Waals surface area contributed by atoms with Crippen LogP contribution in [0.5, 0.6) is 0 Å². The number of rotatable bonds is 0. The van der Waals surface area contributed by atoms with Gasteiger partial charge in [0.05, 0.1) is 5.54 Å². The van der Waals surface area contributed by atoms with Gasteiger partial charge in [0.15, 0.2) is 0 Å². The third kappa shape index (κ3) is 6.89. The lowest BCUT2D eigenvalue weighted by atomic mass is 10.0. The molecule has 1 aliphatic rings. The van der Waals surface area contributed by atoms with Crippen molar-refractivity contribution in [3.8, 4) is 0 Å². The topological polar surface area (TPSA) is 15.3 Å². The highest BCUT2D eigenvalue weighted by Gasteiger charge is 2.25. The molecular formula is C14H32N2. The number of nitrogens with zero attached hydrogens (tertiary/aromatic N) is 1. The zero-order valence-corrected chi connectivity index (χ0v) is 12.5. The molecule has 16 heavy (non-hydrogen) atoms. The summed E-state index contributed by atoms with van der Waals surface area (Å²) >= 11 is 0. The average molecular weight is 228 g/mol. The van der Waals surface area contributed by atoms with Crippen LogP contribution < -0.4 is 5.32 Å². The van der Waals surface area contributed by atoms with Gasteiger partial charge in [-0.2, -0.15) is 0 Å². The Hall–Kier alpha value is -0.500. The van der Waals surface area contributed by atoms with E-state index < -0.39 is 0 Å². The lowest BCUT2D eigenvalue weighted by molar-refractivity contribution is 0.359. The first-order chi connectivity index (χ1) is 7.45. The maximum Gasteiger partial charge on any atom is 0.0521 e. The molecule has 2 heteroatoms. The van der Waals surface area contributed by atoms with E-state index in [2.05, 4.69) is 51.5 Å². The Balaban J connectivity index is 0. The van der Waals surface area contributed by atoms with Crippen molar-refractivity contribution in [1.82, 2.24) is 10.2 Å². The van der Waals surface area contributed by atoms with Crippen LogP contribution >= 0.6 is 0 Å². The molecule has 1 aliphatic heterocycles. The van der Waals surface area contributed by atoms with Crippen LogP contribution in [-0.4, -0.2) is 30.6 Å². The van der Waals surface area contributed by atoms with Crippen LogP contribution in [0.2, 0.25) is 0 Å². The van der Waals surface area contributed by atoms with E-state index in [4.69, 9.17) is 0 Å². The fourth-order valence-electron chi connectivity index (χ4n) is 1.43. The van der Waals surface area contributed by atoms with Crippen LogP contribution in [0.25, 0.3) is 0 Å². The molecule has 0 radical (unpaired) electrons. The Morgan fingerprint density at radius 2 is 1.75 bits per heavy atom. The molecule has 0 aliphatic carbocycles. The summed E-state index contributed by atoms with van der Waals surface area (Å²) in [6.45, 7) is 18.9. The fourth-order valence-corrected chi connectivity index (χ4v) is 1.43. The second-order valence-electron chi connectivity index (χ2n) is 4.48. The lowest BCUT2D eigenvalue weighted by Crippen LogP contribution is -2.42. The molecule has 0 atom stereocenters. The van der Waals surface area contributed by atoms with Gasteiger partial charge in [-0.3, -0.25) is 0 Å². The van der Waals surface area contributed by atoms with E-state index in [0.29, 0.717) is 0 Å². The Morgan fingerprint density at radius 3 is 2.19 bits per heavy atom. The zero-order chi connectivity index (χ0) is 13.2. The standard InChI is InChI=1S/C9H18N2.C3H8.C2H6/c1-8-9(2,3)10-6-5-7-11(8)4;1-3-2;1-2/h10H,1,5-7H2,2-4H3;3H2,1-2H3;1-2H3. The van der Waals surface area contributed by atoms with Gasteiger partial charge in [0.1, 0.15) is 0 Å². The summed E-state index contributed by atoms with van der Waals surface area (Å²) in [5.74, 6) is 0. The van der Waals surface area contributed by atoms with Crippen LogP contribution in [0.4, 0.5) is 0 Å². The molecule has 98 valence electrons. The van der Waals surface area contributed by atoms with Gasteiger partial charge in [-0.25, -0.2) is 0 Å². The van der Waals surface area contributed by atoms with Crippen LogP contribution in [0, 0.1) is 0 Å². The van der Waals surface area contributed by atoms with E-state index in [0.717, 1.165) is 13.1 Å². The van der Waals surface area contributed by atoms with Gasteiger partial charge >= 0.3 is 0 Å². The Kier molecular flexibility index (Phi) is 10.8. The lowest BCUT2D eigenvalue weighted by Gasteiger charge is -2.31. The third-order valence-corrected chi connectivity index (χ3v) is 2.42. The smallest absolute Gasteiger partial charge is 0.0521 e. The molecule has 0 aromatic heterocycles. The fraction of sp³-hybridized carbons (Fsp3) is 0.857. The minimum atomic E-state index is 0.0747. The summed E-state index contributed by atoms with van der Waals surface area (Å²) in [7, 11) is 2.11. The van der Waals surface area contributed by atoms with Crippen molar-refractivity contribution in [2.24, 2.45) is 0 Å². The Bertz CT molecular complexity index is 174. The van der Waals surface area contributed by atoms with Crippen molar-refractivity contribution in [2.75, 3.05) is 20.1 Å². The average Bonchev–Trinajstić information content (AvgIpc) is 2.36. The van der Waals surface area contributed by atoms with E-state index in [1.165, 1.54) is 18.5 Å². The maximum absolute atomic E-state index is 4.07. The minimum Gasteiger partial charge on any atom is -0.377 e. The molecule has 0 unspecified atom stereocenters. The molecule has 0 amide bonds. The molecule has 0 saturated carbocycles. The van der Waals surface area contributed by atoms with Crippen molar-refractivity contribution < 1.29 is 0 Å². The highest BCUT2D eigenvalue weighted by molar-refractivity contribution is 5.12. The highest BCUT2D eigenvalue weighted by atomic mass is 15.2. The quantitative estimate of drug-likeness (QED) is 0.681. The highest BCUT2D eigenvalue weighted by Crippen LogP contribution is 2.19. The second kappa shape index (κ2) is 9.71. The molecule has 0 aromatic carbocycles. The van der Waals surface area contributed by atoms with Gasteiger partial charge in [-0.1, -0.05) is 40.7 Å². The Labute approximate surface area is 103 Å². The molecule has 1 fully saturated rings. The van der Waals surface area contributed by atoms with Crippen LogP contribution in [0.1, 0.15) is 54.4 Å². The van der Waals surface area contributed by atoms with Gasteiger partial charge in [0.2, 0.25) is 0 Å². The van der Waals surface area contributed by atoms with E-state index in [-0.39, 0.29) is 5.54 Å². The van der Waals surface area contributed by atoms with Crippen LogP contribution in [-0.2, 0) is 0 Å². The summed E-state index contributed by atoms with van der Waals surface area (Å²) in [6, 6.07) is 0. The van der Waals surface area contributed by atoms with E-state index in [9.17, 15) is 0 Å². The Morgan fingerprint density at radius 1 is 1.31 bits per heavy atom. The molecule has 1 heterocycles. The summed E-state index contributed by atoms with van der Waals surface area (Å²) in [4.78, 5) is 2.24.